The number of hydrogen-bond donors (Lipinski definition) is 1. The second kappa shape index (κ2) is 6.30. The first kappa shape index (κ1) is 15.2. The molecule has 2 aliphatic rings. The number of carbonyl (C=O) groups excluding carboxylic acids is 1. The van der Waals surface area contributed by atoms with Crippen molar-refractivity contribution in [2.45, 2.75) is 38.5 Å². The van der Waals surface area contributed by atoms with Gasteiger partial charge in [-0.1, -0.05) is 6.07 Å². The molecule has 24 heavy (non-hydrogen) atoms. The van der Waals surface area contributed by atoms with Gasteiger partial charge in [0.05, 0.1) is 19.0 Å². The lowest BCUT2D eigenvalue weighted by atomic mass is 9.87. The molecular weight excluding hydrogens is 302 g/mol. The third kappa shape index (κ3) is 2.68. The van der Waals surface area contributed by atoms with Gasteiger partial charge in [0.25, 0.3) is 0 Å². The standard InChI is InChI=1S/C19H23N3O2/c1-24-16-8-7-13-4-2-3-9-22(18(13)11-16)19(23)14-5-6-15-12-20-21-17(15)10-14/h7-8,11-12,14H,2-6,9-10H2,1H3,(H,20,21). The number of methoxy groups -OCH3 is 1. The van der Waals surface area contributed by atoms with Gasteiger partial charge in [0, 0.05) is 30.6 Å². The molecule has 1 N–H and O–H groups in total. The summed E-state index contributed by atoms with van der Waals surface area (Å²) in [4.78, 5) is 15.2. The van der Waals surface area contributed by atoms with E-state index in [1.165, 1.54) is 11.1 Å². The number of carbonyl (C=O) groups is 1. The van der Waals surface area contributed by atoms with Crippen LogP contribution in [-0.2, 0) is 24.1 Å². The molecule has 1 aliphatic heterocycles. The lowest BCUT2D eigenvalue weighted by Gasteiger charge is -2.29. The number of aromatic nitrogens is 2. The molecule has 1 aromatic carbocycles. The normalized spacial score (nSPS) is 20.0. The molecule has 1 aromatic heterocycles. The third-order valence-electron chi connectivity index (χ3n) is 5.30. The molecule has 4 rings (SSSR count). The Kier molecular flexibility index (Phi) is 4.00. The van der Waals surface area contributed by atoms with Crippen LogP contribution in [0.4, 0.5) is 5.69 Å². The summed E-state index contributed by atoms with van der Waals surface area (Å²) in [5, 5.41) is 7.17. The minimum atomic E-state index is 0.0371. The average Bonchev–Trinajstić information content (AvgIpc) is 2.99. The summed E-state index contributed by atoms with van der Waals surface area (Å²) in [6, 6.07) is 6.11. The van der Waals surface area contributed by atoms with Crippen molar-refractivity contribution in [2.24, 2.45) is 5.92 Å². The highest BCUT2D eigenvalue weighted by molar-refractivity contribution is 5.96. The third-order valence-corrected chi connectivity index (χ3v) is 5.30. The van der Waals surface area contributed by atoms with Crippen LogP contribution in [0.2, 0.25) is 0 Å². The van der Waals surface area contributed by atoms with Crippen LogP contribution in [0, 0.1) is 5.92 Å². The SMILES string of the molecule is COc1ccc2c(c1)N(C(=O)C1CCc3cn[nH]c3C1)CCCC2. The van der Waals surface area contributed by atoms with Crippen LogP contribution in [0.3, 0.4) is 0 Å². The molecule has 1 aliphatic carbocycles. The molecule has 0 bridgehead atoms. The summed E-state index contributed by atoms with van der Waals surface area (Å²) >= 11 is 0. The number of anilines is 1. The van der Waals surface area contributed by atoms with E-state index in [-0.39, 0.29) is 11.8 Å². The first-order valence-corrected chi connectivity index (χ1v) is 8.75. The Labute approximate surface area is 142 Å². The van der Waals surface area contributed by atoms with Gasteiger partial charge < -0.3 is 9.64 Å². The second-order valence-electron chi connectivity index (χ2n) is 6.76. The van der Waals surface area contributed by atoms with Gasteiger partial charge in [-0.3, -0.25) is 9.89 Å². The number of ether oxygens (including phenoxy) is 1. The van der Waals surface area contributed by atoms with Crippen molar-refractivity contribution in [3.8, 4) is 5.75 Å². The predicted molar refractivity (Wildman–Crippen MR) is 92.4 cm³/mol. The molecule has 0 saturated carbocycles. The van der Waals surface area contributed by atoms with Gasteiger partial charge in [-0.15, -0.1) is 0 Å². The van der Waals surface area contributed by atoms with Gasteiger partial charge in [0.1, 0.15) is 5.75 Å². The zero-order valence-electron chi connectivity index (χ0n) is 14.0. The van der Waals surface area contributed by atoms with E-state index in [0.717, 1.165) is 62.2 Å². The fourth-order valence-corrected chi connectivity index (χ4v) is 3.91. The maximum Gasteiger partial charge on any atom is 0.230 e. The van der Waals surface area contributed by atoms with Crippen LogP contribution >= 0.6 is 0 Å². The fourth-order valence-electron chi connectivity index (χ4n) is 3.91. The van der Waals surface area contributed by atoms with Crippen molar-refractivity contribution in [1.82, 2.24) is 10.2 Å². The summed E-state index contributed by atoms with van der Waals surface area (Å²) in [5.74, 6) is 1.09. The fraction of sp³-hybridized carbons (Fsp3) is 0.474. The minimum Gasteiger partial charge on any atom is -0.497 e. The highest BCUT2D eigenvalue weighted by Gasteiger charge is 2.31. The van der Waals surface area contributed by atoms with Crippen molar-refractivity contribution >= 4 is 11.6 Å². The summed E-state index contributed by atoms with van der Waals surface area (Å²) in [5.41, 5.74) is 4.67. The average molecular weight is 325 g/mol. The van der Waals surface area contributed by atoms with Crippen molar-refractivity contribution in [3.05, 3.63) is 41.2 Å². The van der Waals surface area contributed by atoms with Gasteiger partial charge in [0.2, 0.25) is 5.91 Å². The highest BCUT2D eigenvalue weighted by Crippen LogP contribution is 2.33. The molecule has 0 radical (unpaired) electrons. The lowest BCUT2D eigenvalue weighted by molar-refractivity contribution is -0.122. The Morgan fingerprint density at radius 3 is 3.08 bits per heavy atom. The molecule has 0 fully saturated rings. The molecule has 1 amide bonds. The molecule has 126 valence electrons. The number of rotatable bonds is 2. The summed E-state index contributed by atoms with van der Waals surface area (Å²) in [6.45, 7) is 0.797. The van der Waals surface area contributed by atoms with Gasteiger partial charge >= 0.3 is 0 Å². The molecule has 0 spiro atoms. The van der Waals surface area contributed by atoms with E-state index in [2.05, 4.69) is 16.3 Å². The van der Waals surface area contributed by atoms with Gasteiger partial charge in [-0.25, -0.2) is 0 Å². The van der Waals surface area contributed by atoms with Crippen LogP contribution in [0.15, 0.2) is 24.4 Å². The second-order valence-corrected chi connectivity index (χ2v) is 6.76. The Morgan fingerprint density at radius 2 is 2.21 bits per heavy atom. The number of benzene rings is 1. The zero-order chi connectivity index (χ0) is 16.5. The van der Waals surface area contributed by atoms with Crippen LogP contribution < -0.4 is 9.64 Å². The first-order chi connectivity index (χ1) is 11.8. The quantitative estimate of drug-likeness (QED) is 0.923. The summed E-state index contributed by atoms with van der Waals surface area (Å²) in [7, 11) is 1.67. The van der Waals surface area contributed by atoms with Gasteiger partial charge in [-0.05, 0) is 49.3 Å². The minimum absolute atomic E-state index is 0.0371. The van der Waals surface area contributed by atoms with Crippen molar-refractivity contribution < 1.29 is 9.53 Å². The van der Waals surface area contributed by atoms with E-state index in [9.17, 15) is 4.79 Å². The number of aryl methyl sites for hydroxylation is 2. The molecule has 2 aromatic rings. The molecule has 2 heterocycles. The topological polar surface area (TPSA) is 58.2 Å². The van der Waals surface area contributed by atoms with Crippen LogP contribution in [0.1, 0.15) is 36.1 Å². The van der Waals surface area contributed by atoms with Crippen molar-refractivity contribution in [3.63, 3.8) is 0 Å². The van der Waals surface area contributed by atoms with Crippen LogP contribution in [0.25, 0.3) is 0 Å². The number of hydrogen-bond acceptors (Lipinski definition) is 3. The monoisotopic (exact) mass is 325 g/mol. The Morgan fingerprint density at radius 1 is 1.29 bits per heavy atom. The molecule has 5 heteroatoms. The zero-order valence-corrected chi connectivity index (χ0v) is 14.0. The molecule has 1 atom stereocenters. The number of nitrogens with one attached hydrogen (secondary N) is 1. The van der Waals surface area contributed by atoms with Crippen molar-refractivity contribution in [2.75, 3.05) is 18.6 Å². The van der Waals surface area contributed by atoms with Crippen LogP contribution in [0.5, 0.6) is 5.75 Å². The van der Waals surface area contributed by atoms with E-state index >= 15 is 0 Å². The van der Waals surface area contributed by atoms with Crippen molar-refractivity contribution in [1.29, 1.82) is 0 Å². The number of nitrogens with zero attached hydrogens (tertiary/aromatic N) is 2. The molecule has 5 nitrogen and oxygen atoms in total. The Bertz CT molecular complexity index is 753. The molecule has 0 saturated heterocycles. The van der Waals surface area contributed by atoms with E-state index in [1.807, 2.05) is 23.2 Å². The van der Waals surface area contributed by atoms with Gasteiger partial charge in [0.15, 0.2) is 0 Å². The largest absolute Gasteiger partial charge is 0.497 e. The predicted octanol–water partition coefficient (Wildman–Crippen LogP) is 2.89. The highest BCUT2D eigenvalue weighted by atomic mass is 16.5. The maximum atomic E-state index is 13.3. The number of fused-ring (bicyclic) bond motifs is 2. The smallest absolute Gasteiger partial charge is 0.230 e. The molecule has 1 unspecified atom stereocenters. The molecular formula is C19H23N3O2. The van der Waals surface area contributed by atoms with Gasteiger partial charge in [-0.2, -0.15) is 5.10 Å². The summed E-state index contributed by atoms with van der Waals surface area (Å²) < 4.78 is 5.38. The summed E-state index contributed by atoms with van der Waals surface area (Å²) in [6.07, 6.45) is 7.69. The number of amides is 1. The first-order valence-electron chi connectivity index (χ1n) is 8.75. The van der Waals surface area contributed by atoms with E-state index in [0.29, 0.717) is 0 Å². The Hall–Kier alpha value is -2.30. The number of H-pyrrole nitrogens is 1. The van der Waals surface area contributed by atoms with Crippen LogP contribution in [-0.4, -0.2) is 29.8 Å². The van der Waals surface area contributed by atoms with E-state index < -0.39 is 0 Å². The van der Waals surface area contributed by atoms with E-state index in [1.54, 1.807) is 7.11 Å². The lowest BCUT2D eigenvalue weighted by Crippen LogP contribution is -2.39. The van der Waals surface area contributed by atoms with E-state index in [4.69, 9.17) is 4.74 Å². The maximum absolute atomic E-state index is 13.3. The number of aromatic amines is 1. The Balaban J connectivity index is 1.63.